The van der Waals surface area contributed by atoms with Crippen LogP contribution in [0.5, 0.6) is 5.75 Å². The molecule has 1 aliphatic heterocycles. The molecule has 4 nitrogen and oxygen atoms in total. The number of hydrogen-bond acceptors (Lipinski definition) is 3. The van der Waals surface area contributed by atoms with Gasteiger partial charge in [0.15, 0.2) is 17.4 Å². The summed E-state index contributed by atoms with van der Waals surface area (Å²) in [7, 11) is 0. The van der Waals surface area contributed by atoms with Gasteiger partial charge in [0.2, 0.25) is 5.82 Å². The van der Waals surface area contributed by atoms with Gasteiger partial charge in [-0.3, -0.25) is 4.79 Å². The number of benzene rings is 1. The van der Waals surface area contributed by atoms with E-state index in [9.17, 15) is 23.1 Å². The number of phenolic OH excluding ortho intramolecular Hbond substituents is 1. The van der Waals surface area contributed by atoms with E-state index < -0.39 is 40.7 Å². The highest BCUT2D eigenvalue weighted by Gasteiger charge is 2.36. The van der Waals surface area contributed by atoms with Gasteiger partial charge in [-0.1, -0.05) is 6.92 Å². The van der Waals surface area contributed by atoms with Gasteiger partial charge in [0.1, 0.15) is 0 Å². The van der Waals surface area contributed by atoms with E-state index in [1.807, 2.05) is 6.92 Å². The van der Waals surface area contributed by atoms with Crippen molar-refractivity contribution in [3.05, 3.63) is 29.1 Å². The average Bonchev–Trinajstić information content (AvgIpc) is 2.80. The molecule has 2 unspecified atom stereocenters. The van der Waals surface area contributed by atoms with E-state index in [1.165, 1.54) is 4.90 Å². The fourth-order valence-corrected chi connectivity index (χ4v) is 2.44. The molecule has 1 amide bonds. The van der Waals surface area contributed by atoms with E-state index in [2.05, 4.69) is 0 Å². The van der Waals surface area contributed by atoms with Crippen molar-refractivity contribution in [2.24, 2.45) is 5.92 Å². The summed E-state index contributed by atoms with van der Waals surface area (Å²) in [5, 5.41) is 18.4. The van der Waals surface area contributed by atoms with Gasteiger partial charge in [-0.2, -0.15) is 4.39 Å². The molecule has 2 N–H and O–H groups in total. The summed E-state index contributed by atoms with van der Waals surface area (Å²) in [5.74, 6) is -7.09. The molecule has 1 aromatic carbocycles. The van der Waals surface area contributed by atoms with Gasteiger partial charge < -0.3 is 15.1 Å². The van der Waals surface area contributed by atoms with Crippen LogP contribution in [-0.4, -0.2) is 40.2 Å². The maximum absolute atomic E-state index is 13.7. The molecule has 1 aliphatic rings. The first-order valence-corrected chi connectivity index (χ1v) is 6.16. The average molecular weight is 289 g/mol. The molecule has 0 aromatic heterocycles. The minimum Gasteiger partial charge on any atom is -0.503 e. The molecule has 0 aliphatic carbocycles. The highest BCUT2D eigenvalue weighted by atomic mass is 19.2. The minimum absolute atomic E-state index is 0.0194. The summed E-state index contributed by atoms with van der Waals surface area (Å²) in [6, 6.07) is -0.0819. The molecule has 0 radical (unpaired) electrons. The van der Waals surface area contributed by atoms with E-state index >= 15 is 0 Å². The summed E-state index contributed by atoms with van der Waals surface area (Å²) in [5.41, 5.74) is -0.742. The third-order valence-electron chi connectivity index (χ3n) is 3.69. The van der Waals surface area contributed by atoms with Gasteiger partial charge in [-0.15, -0.1) is 0 Å². The number of halogens is 3. The molecular weight excluding hydrogens is 275 g/mol. The Kier molecular flexibility index (Phi) is 3.89. The first kappa shape index (κ1) is 14.6. The lowest BCUT2D eigenvalue weighted by Gasteiger charge is -2.25. The van der Waals surface area contributed by atoms with Crippen molar-refractivity contribution >= 4 is 5.91 Å². The molecule has 1 fully saturated rings. The first-order valence-electron chi connectivity index (χ1n) is 6.16. The van der Waals surface area contributed by atoms with Crippen molar-refractivity contribution in [3.8, 4) is 5.75 Å². The predicted molar refractivity (Wildman–Crippen MR) is 63.7 cm³/mol. The second kappa shape index (κ2) is 5.32. The number of aliphatic hydroxyl groups is 1. The Bertz CT molecular complexity index is 550. The largest absolute Gasteiger partial charge is 0.503 e. The van der Waals surface area contributed by atoms with Crippen LogP contribution in [0.4, 0.5) is 13.2 Å². The fourth-order valence-electron chi connectivity index (χ4n) is 2.44. The molecule has 1 heterocycles. The first-order chi connectivity index (χ1) is 9.38. The number of aromatic hydroxyl groups is 1. The van der Waals surface area contributed by atoms with Crippen LogP contribution in [0, 0.1) is 23.4 Å². The summed E-state index contributed by atoms with van der Waals surface area (Å²) < 4.78 is 39.9. The second-order valence-electron chi connectivity index (χ2n) is 4.90. The minimum atomic E-state index is -1.73. The maximum Gasteiger partial charge on any atom is 0.257 e. The summed E-state index contributed by atoms with van der Waals surface area (Å²) in [6.07, 6.45) is 0.619. The fraction of sp³-hybridized carbons (Fsp3) is 0.462. The van der Waals surface area contributed by atoms with Gasteiger partial charge >= 0.3 is 0 Å². The van der Waals surface area contributed by atoms with Crippen LogP contribution < -0.4 is 0 Å². The van der Waals surface area contributed by atoms with Crippen molar-refractivity contribution < 1.29 is 28.2 Å². The summed E-state index contributed by atoms with van der Waals surface area (Å²) >= 11 is 0. The Morgan fingerprint density at radius 2 is 2.05 bits per heavy atom. The van der Waals surface area contributed by atoms with E-state index in [0.29, 0.717) is 12.5 Å². The van der Waals surface area contributed by atoms with Crippen molar-refractivity contribution in [2.75, 3.05) is 13.2 Å². The van der Waals surface area contributed by atoms with Crippen LogP contribution >= 0.6 is 0 Å². The van der Waals surface area contributed by atoms with Gasteiger partial charge in [-0.25, -0.2) is 8.78 Å². The zero-order valence-corrected chi connectivity index (χ0v) is 10.7. The molecule has 7 heteroatoms. The molecule has 1 aromatic rings. The van der Waals surface area contributed by atoms with Gasteiger partial charge in [-0.05, 0) is 18.4 Å². The van der Waals surface area contributed by atoms with Crippen molar-refractivity contribution in [2.45, 2.75) is 19.4 Å². The number of carbonyl (C=O) groups is 1. The molecule has 0 saturated carbocycles. The standard InChI is InChI=1S/C13H14F3NO3/c1-6-2-3-17(9(6)5-18)13(20)7-4-8(14)11(16)12(19)10(7)15/h4,6,9,18-19H,2-3,5H2,1H3. The van der Waals surface area contributed by atoms with Crippen LogP contribution in [0.2, 0.25) is 0 Å². The second-order valence-corrected chi connectivity index (χ2v) is 4.90. The number of aliphatic hydroxyl groups excluding tert-OH is 1. The lowest BCUT2D eigenvalue weighted by atomic mass is 10.0. The molecule has 2 atom stereocenters. The van der Waals surface area contributed by atoms with E-state index in [0.717, 1.165) is 0 Å². The number of rotatable bonds is 2. The van der Waals surface area contributed by atoms with Gasteiger partial charge in [0.05, 0.1) is 18.2 Å². The Hall–Kier alpha value is -1.76. The monoisotopic (exact) mass is 289 g/mol. The zero-order valence-electron chi connectivity index (χ0n) is 10.7. The molecule has 0 spiro atoms. The lowest BCUT2D eigenvalue weighted by molar-refractivity contribution is 0.0642. The van der Waals surface area contributed by atoms with Crippen LogP contribution in [-0.2, 0) is 0 Å². The van der Waals surface area contributed by atoms with Crippen LogP contribution in [0.3, 0.4) is 0 Å². The number of amides is 1. The van der Waals surface area contributed by atoms with E-state index in [4.69, 9.17) is 5.11 Å². The Labute approximate surface area is 113 Å². The Balaban J connectivity index is 2.40. The SMILES string of the molecule is CC1CCN(C(=O)c2cc(F)c(F)c(O)c2F)C1CO. The maximum atomic E-state index is 13.7. The Morgan fingerprint density at radius 1 is 1.40 bits per heavy atom. The van der Waals surface area contributed by atoms with Crippen LogP contribution in [0.15, 0.2) is 6.07 Å². The summed E-state index contributed by atoms with van der Waals surface area (Å²) in [4.78, 5) is 13.4. The number of nitrogens with zero attached hydrogens (tertiary/aromatic N) is 1. The predicted octanol–water partition coefficient (Wildman–Crippen LogP) is 1.65. The smallest absolute Gasteiger partial charge is 0.257 e. The molecule has 0 bridgehead atoms. The van der Waals surface area contributed by atoms with Gasteiger partial charge in [0, 0.05) is 6.54 Å². The van der Waals surface area contributed by atoms with Crippen molar-refractivity contribution in [3.63, 3.8) is 0 Å². The van der Waals surface area contributed by atoms with Gasteiger partial charge in [0.25, 0.3) is 5.91 Å². The number of likely N-dealkylation sites (tertiary alicyclic amines) is 1. The third kappa shape index (κ3) is 2.22. The van der Waals surface area contributed by atoms with Crippen LogP contribution in [0.1, 0.15) is 23.7 Å². The highest BCUT2D eigenvalue weighted by Crippen LogP contribution is 2.30. The number of phenols is 1. The van der Waals surface area contributed by atoms with Crippen LogP contribution in [0.25, 0.3) is 0 Å². The molecule has 20 heavy (non-hydrogen) atoms. The molecule has 2 rings (SSSR count). The summed E-state index contributed by atoms with van der Waals surface area (Å²) in [6.45, 7) is 1.81. The highest BCUT2D eigenvalue weighted by molar-refractivity contribution is 5.95. The van der Waals surface area contributed by atoms with Crippen molar-refractivity contribution in [1.82, 2.24) is 4.90 Å². The molecule has 1 saturated heterocycles. The number of hydrogen-bond donors (Lipinski definition) is 2. The lowest BCUT2D eigenvalue weighted by Crippen LogP contribution is -2.40. The number of carbonyl (C=O) groups excluding carboxylic acids is 1. The zero-order chi connectivity index (χ0) is 15.0. The molecular formula is C13H14F3NO3. The quantitative estimate of drug-likeness (QED) is 0.814. The van der Waals surface area contributed by atoms with E-state index in [1.54, 1.807) is 0 Å². The van der Waals surface area contributed by atoms with E-state index in [-0.39, 0.29) is 19.1 Å². The van der Waals surface area contributed by atoms with Crippen molar-refractivity contribution in [1.29, 1.82) is 0 Å². The third-order valence-corrected chi connectivity index (χ3v) is 3.69. The Morgan fingerprint density at radius 3 is 2.65 bits per heavy atom. The normalized spacial score (nSPS) is 22.4. The topological polar surface area (TPSA) is 60.8 Å². The molecule has 110 valence electrons.